The number of aryl methyl sites for hydroxylation is 1. The van der Waals surface area contributed by atoms with Crippen molar-refractivity contribution in [1.29, 1.82) is 0 Å². The van der Waals surface area contributed by atoms with E-state index >= 15 is 0 Å². The van der Waals surface area contributed by atoms with Gasteiger partial charge in [0, 0.05) is 17.6 Å². The summed E-state index contributed by atoms with van der Waals surface area (Å²) in [5, 5.41) is 2.42. The van der Waals surface area contributed by atoms with Crippen LogP contribution in [0.15, 0.2) is 12.3 Å². The van der Waals surface area contributed by atoms with E-state index in [1.807, 2.05) is 0 Å². The van der Waals surface area contributed by atoms with Crippen molar-refractivity contribution in [3.05, 3.63) is 23.5 Å². The van der Waals surface area contributed by atoms with Gasteiger partial charge in [-0.05, 0) is 19.9 Å². The molecule has 16 heavy (non-hydrogen) atoms. The number of nitrogens with two attached hydrogens (primary N) is 2. The molecule has 6 nitrogen and oxygen atoms in total. The molecule has 1 heterocycles. The Kier molecular flexibility index (Phi) is 3.44. The van der Waals surface area contributed by atoms with E-state index in [0.29, 0.717) is 5.69 Å². The molecule has 0 saturated carbocycles. The molecular formula is C10H14N4O2. The Morgan fingerprint density at radius 2 is 2.12 bits per heavy atom. The lowest BCUT2D eigenvalue weighted by Gasteiger charge is -2.11. The van der Waals surface area contributed by atoms with E-state index in [4.69, 9.17) is 11.5 Å². The van der Waals surface area contributed by atoms with Gasteiger partial charge in [-0.25, -0.2) is 0 Å². The fourth-order valence-electron chi connectivity index (χ4n) is 1.12. The summed E-state index contributed by atoms with van der Waals surface area (Å²) < 4.78 is 0. The van der Waals surface area contributed by atoms with E-state index in [1.165, 1.54) is 13.1 Å². The average molecular weight is 222 g/mol. The predicted octanol–water partition coefficient (Wildman–Crippen LogP) is -0.424. The summed E-state index contributed by atoms with van der Waals surface area (Å²) in [6.45, 7) is 3.27. The molecule has 6 heteroatoms. The van der Waals surface area contributed by atoms with Gasteiger partial charge in [-0.3, -0.25) is 14.6 Å². The second kappa shape index (κ2) is 4.61. The summed E-state index contributed by atoms with van der Waals surface area (Å²) in [7, 11) is 0. The van der Waals surface area contributed by atoms with Gasteiger partial charge in [-0.15, -0.1) is 0 Å². The lowest BCUT2D eigenvalue weighted by molar-refractivity contribution is -0.119. The standard InChI is InChI=1S/C10H14N4O2/c1-5-3-8(11)7(4-13-5)10(16)14-6(2)9(12)15/h3-4,6H,1-2H3,(H2,11,13)(H2,12,15)(H,14,16). The second-order valence-electron chi connectivity index (χ2n) is 3.51. The summed E-state index contributed by atoms with van der Waals surface area (Å²) in [5.74, 6) is -1.07. The first kappa shape index (κ1) is 12.0. The number of hydrogen-bond donors (Lipinski definition) is 3. The maximum atomic E-state index is 11.7. The smallest absolute Gasteiger partial charge is 0.255 e. The molecule has 1 aromatic rings. The van der Waals surface area contributed by atoms with Gasteiger partial charge in [0.15, 0.2) is 0 Å². The van der Waals surface area contributed by atoms with Crippen LogP contribution < -0.4 is 16.8 Å². The zero-order valence-corrected chi connectivity index (χ0v) is 9.15. The number of nitrogens with one attached hydrogen (secondary N) is 1. The van der Waals surface area contributed by atoms with Crippen LogP contribution in [0.2, 0.25) is 0 Å². The molecule has 1 atom stereocenters. The van der Waals surface area contributed by atoms with Crippen LogP contribution in [0.3, 0.4) is 0 Å². The summed E-state index contributed by atoms with van der Waals surface area (Å²) >= 11 is 0. The van der Waals surface area contributed by atoms with Crippen LogP contribution in [0.5, 0.6) is 0 Å². The molecule has 0 radical (unpaired) electrons. The van der Waals surface area contributed by atoms with Gasteiger partial charge in [0.05, 0.1) is 5.56 Å². The van der Waals surface area contributed by atoms with Crippen LogP contribution in [-0.4, -0.2) is 22.8 Å². The minimum atomic E-state index is -0.742. The first-order chi connectivity index (χ1) is 7.41. The Balaban J connectivity index is 2.85. The fourth-order valence-corrected chi connectivity index (χ4v) is 1.12. The maximum Gasteiger partial charge on any atom is 0.255 e. The van der Waals surface area contributed by atoms with Crippen molar-refractivity contribution in [2.75, 3.05) is 5.73 Å². The number of amides is 2. The lowest BCUT2D eigenvalue weighted by atomic mass is 10.2. The van der Waals surface area contributed by atoms with E-state index in [0.717, 1.165) is 5.69 Å². The normalized spacial score (nSPS) is 11.9. The van der Waals surface area contributed by atoms with E-state index in [2.05, 4.69) is 10.3 Å². The van der Waals surface area contributed by atoms with E-state index in [1.54, 1.807) is 13.0 Å². The van der Waals surface area contributed by atoms with Crippen LogP contribution in [-0.2, 0) is 4.79 Å². The number of hydrogen-bond acceptors (Lipinski definition) is 4. The number of pyridine rings is 1. The molecular weight excluding hydrogens is 208 g/mol. The van der Waals surface area contributed by atoms with Crippen LogP contribution >= 0.6 is 0 Å². The molecule has 0 bridgehead atoms. The van der Waals surface area contributed by atoms with Gasteiger partial charge in [0.2, 0.25) is 5.91 Å². The van der Waals surface area contributed by atoms with Gasteiger partial charge >= 0.3 is 0 Å². The van der Waals surface area contributed by atoms with Crippen molar-refractivity contribution >= 4 is 17.5 Å². The zero-order valence-electron chi connectivity index (χ0n) is 9.15. The monoisotopic (exact) mass is 222 g/mol. The second-order valence-corrected chi connectivity index (χ2v) is 3.51. The third kappa shape index (κ3) is 2.69. The quantitative estimate of drug-likeness (QED) is 0.644. The lowest BCUT2D eigenvalue weighted by Crippen LogP contribution is -2.42. The number of aromatic nitrogens is 1. The first-order valence-corrected chi connectivity index (χ1v) is 4.74. The number of anilines is 1. The number of primary amides is 1. The Hall–Kier alpha value is -2.11. The summed E-state index contributed by atoms with van der Waals surface area (Å²) in [6.07, 6.45) is 1.37. The number of carbonyl (C=O) groups is 2. The Morgan fingerprint density at radius 3 is 2.62 bits per heavy atom. The van der Waals surface area contributed by atoms with Gasteiger partial charge in [0.25, 0.3) is 5.91 Å². The summed E-state index contributed by atoms with van der Waals surface area (Å²) in [5.41, 5.74) is 12.0. The number of carbonyl (C=O) groups excluding carboxylic acids is 2. The van der Waals surface area contributed by atoms with Crippen molar-refractivity contribution in [2.45, 2.75) is 19.9 Å². The number of nitrogen functional groups attached to an aromatic ring is 1. The van der Waals surface area contributed by atoms with Crippen LogP contribution in [0, 0.1) is 6.92 Å². The molecule has 0 saturated heterocycles. The minimum Gasteiger partial charge on any atom is -0.398 e. The van der Waals surface area contributed by atoms with Crippen LogP contribution in [0.4, 0.5) is 5.69 Å². The van der Waals surface area contributed by atoms with Crippen LogP contribution in [0.25, 0.3) is 0 Å². The van der Waals surface area contributed by atoms with Crippen molar-refractivity contribution in [2.24, 2.45) is 5.73 Å². The third-order valence-electron chi connectivity index (χ3n) is 2.09. The van der Waals surface area contributed by atoms with Gasteiger partial charge in [-0.1, -0.05) is 0 Å². The molecule has 86 valence electrons. The minimum absolute atomic E-state index is 0.235. The highest BCUT2D eigenvalue weighted by Gasteiger charge is 2.15. The Morgan fingerprint density at radius 1 is 1.50 bits per heavy atom. The summed E-state index contributed by atoms with van der Waals surface area (Å²) in [4.78, 5) is 26.4. The predicted molar refractivity (Wildman–Crippen MR) is 59.5 cm³/mol. The number of rotatable bonds is 3. The Labute approximate surface area is 93.0 Å². The number of nitrogens with zero attached hydrogens (tertiary/aromatic N) is 1. The highest BCUT2D eigenvalue weighted by molar-refractivity contribution is 6.00. The molecule has 0 fully saturated rings. The molecule has 2 amide bonds. The van der Waals surface area contributed by atoms with Crippen molar-refractivity contribution in [3.63, 3.8) is 0 Å². The molecule has 1 aromatic heterocycles. The van der Waals surface area contributed by atoms with Gasteiger partial charge in [0.1, 0.15) is 6.04 Å². The van der Waals surface area contributed by atoms with Crippen molar-refractivity contribution in [3.8, 4) is 0 Å². The highest BCUT2D eigenvalue weighted by atomic mass is 16.2. The largest absolute Gasteiger partial charge is 0.398 e. The average Bonchev–Trinajstić information content (AvgIpc) is 2.16. The molecule has 1 unspecified atom stereocenters. The van der Waals surface area contributed by atoms with Crippen LogP contribution in [0.1, 0.15) is 23.0 Å². The van der Waals surface area contributed by atoms with E-state index in [-0.39, 0.29) is 5.56 Å². The maximum absolute atomic E-state index is 11.7. The van der Waals surface area contributed by atoms with Gasteiger partial charge < -0.3 is 16.8 Å². The first-order valence-electron chi connectivity index (χ1n) is 4.74. The van der Waals surface area contributed by atoms with E-state index < -0.39 is 17.9 Å². The van der Waals surface area contributed by atoms with Gasteiger partial charge in [-0.2, -0.15) is 0 Å². The SMILES string of the molecule is Cc1cc(N)c(C(=O)NC(C)C(N)=O)cn1. The molecule has 0 aliphatic heterocycles. The molecule has 0 aliphatic rings. The fraction of sp³-hybridized carbons (Fsp3) is 0.300. The van der Waals surface area contributed by atoms with Crippen molar-refractivity contribution in [1.82, 2.24) is 10.3 Å². The zero-order chi connectivity index (χ0) is 12.3. The van der Waals surface area contributed by atoms with Crippen molar-refractivity contribution < 1.29 is 9.59 Å². The summed E-state index contributed by atoms with van der Waals surface area (Å²) in [6, 6.07) is 0.845. The molecule has 1 rings (SSSR count). The molecule has 0 aromatic carbocycles. The third-order valence-corrected chi connectivity index (χ3v) is 2.09. The highest BCUT2D eigenvalue weighted by Crippen LogP contribution is 2.11. The molecule has 0 spiro atoms. The molecule has 0 aliphatic carbocycles. The topological polar surface area (TPSA) is 111 Å². The Bertz CT molecular complexity index is 431. The molecule has 5 N–H and O–H groups in total. The van der Waals surface area contributed by atoms with E-state index in [9.17, 15) is 9.59 Å².